The van der Waals surface area contributed by atoms with Crippen molar-refractivity contribution in [2.24, 2.45) is 40.4 Å². The van der Waals surface area contributed by atoms with Gasteiger partial charge in [-0.15, -0.1) is 0 Å². The van der Waals surface area contributed by atoms with Crippen LogP contribution >= 0.6 is 0 Å². The van der Waals surface area contributed by atoms with Crippen molar-refractivity contribution >= 4 is 5.78 Å². The second-order valence-electron chi connectivity index (χ2n) is 12.9. The molecule has 0 N–H and O–H groups in total. The standard InChI is InChI=1S/C30H42N2O2/c1-19(17-32-14-13-31-18-32)5-8-26-20(2)28-27(34-26)16-25-23-7-6-21-15-22(33)9-11-29(21,3)24(23)10-12-30(25,28)4/h13-15,18-19,23-25,27-28H,5-12,16-17H2,1-4H3/t19?,23-,24+,25+,27+,28+,29+,30+/m1/s1. The van der Waals surface area contributed by atoms with E-state index in [9.17, 15) is 4.79 Å². The van der Waals surface area contributed by atoms with E-state index in [1.54, 1.807) is 5.57 Å². The van der Waals surface area contributed by atoms with E-state index in [1.807, 2.05) is 18.6 Å². The Morgan fingerprint density at radius 3 is 2.85 bits per heavy atom. The second-order valence-corrected chi connectivity index (χ2v) is 12.9. The largest absolute Gasteiger partial charge is 0.494 e. The predicted octanol–water partition coefficient (Wildman–Crippen LogP) is 6.73. The molecule has 4 heteroatoms. The molecule has 0 bridgehead atoms. The van der Waals surface area contributed by atoms with E-state index < -0.39 is 0 Å². The lowest BCUT2D eigenvalue weighted by atomic mass is 9.46. The first kappa shape index (κ1) is 22.6. The minimum Gasteiger partial charge on any atom is -0.494 e. The molecule has 6 rings (SSSR count). The van der Waals surface area contributed by atoms with E-state index in [-0.39, 0.29) is 5.41 Å². The van der Waals surface area contributed by atoms with Gasteiger partial charge in [-0.3, -0.25) is 4.79 Å². The molecule has 1 aliphatic heterocycles. The first-order valence-corrected chi connectivity index (χ1v) is 13.9. The van der Waals surface area contributed by atoms with Gasteiger partial charge in [-0.1, -0.05) is 26.3 Å². The van der Waals surface area contributed by atoms with Gasteiger partial charge in [0.25, 0.3) is 0 Å². The Balaban J connectivity index is 1.17. The van der Waals surface area contributed by atoms with Crippen LogP contribution in [0.5, 0.6) is 0 Å². The molecule has 4 nitrogen and oxygen atoms in total. The molecular formula is C30H42N2O2. The number of carbonyl (C=O) groups excluding carboxylic acids is 1. The number of ketones is 1. The maximum Gasteiger partial charge on any atom is 0.155 e. The Hall–Kier alpha value is -1.84. The highest BCUT2D eigenvalue weighted by Gasteiger charge is 2.63. The summed E-state index contributed by atoms with van der Waals surface area (Å²) in [5, 5.41) is 0. The summed E-state index contributed by atoms with van der Waals surface area (Å²) in [6, 6.07) is 0. The molecule has 0 amide bonds. The van der Waals surface area contributed by atoms with Gasteiger partial charge < -0.3 is 9.30 Å². The summed E-state index contributed by atoms with van der Waals surface area (Å²) in [6.45, 7) is 10.9. The predicted molar refractivity (Wildman–Crippen MR) is 134 cm³/mol. The number of imidazole rings is 1. The van der Waals surface area contributed by atoms with Crippen molar-refractivity contribution in [2.45, 2.75) is 98.1 Å². The van der Waals surface area contributed by atoms with Crippen LogP contribution in [0.2, 0.25) is 0 Å². The van der Waals surface area contributed by atoms with Gasteiger partial charge in [0.2, 0.25) is 0 Å². The highest BCUT2D eigenvalue weighted by atomic mass is 16.5. The number of hydrogen-bond acceptors (Lipinski definition) is 3. The summed E-state index contributed by atoms with van der Waals surface area (Å²) in [7, 11) is 0. The molecule has 2 heterocycles. The lowest BCUT2D eigenvalue weighted by Gasteiger charge is -2.58. The normalized spacial score (nSPS) is 41.8. The van der Waals surface area contributed by atoms with Crippen LogP contribution in [0.3, 0.4) is 0 Å². The molecule has 0 saturated heterocycles. The Morgan fingerprint density at radius 1 is 1.21 bits per heavy atom. The maximum atomic E-state index is 12.1. The van der Waals surface area contributed by atoms with E-state index in [2.05, 4.69) is 43.4 Å². The third-order valence-electron chi connectivity index (χ3n) is 11.1. The molecule has 0 aromatic carbocycles. The molecule has 3 saturated carbocycles. The number of rotatable bonds is 5. The highest BCUT2D eigenvalue weighted by Crippen LogP contribution is 2.69. The van der Waals surface area contributed by atoms with E-state index in [1.165, 1.54) is 43.4 Å². The van der Waals surface area contributed by atoms with E-state index in [4.69, 9.17) is 4.74 Å². The van der Waals surface area contributed by atoms with Gasteiger partial charge in [0.15, 0.2) is 5.78 Å². The zero-order chi connectivity index (χ0) is 23.7. The molecule has 0 spiro atoms. The highest BCUT2D eigenvalue weighted by molar-refractivity contribution is 5.91. The summed E-state index contributed by atoms with van der Waals surface area (Å²) in [5.41, 5.74) is 3.68. The van der Waals surface area contributed by atoms with Gasteiger partial charge in [-0.05, 0) is 98.0 Å². The van der Waals surface area contributed by atoms with Crippen molar-refractivity contribution in [3.05, 3.63) is 41.7 Å². The van der Waals surface area contributed by atoms with Gasteiger partial charge >= 0.3 is 0 Å². The topological polar surface area (TPSA) is 44.1 Å². The zero-order valence-corrected chi connectivity index (χ0v) is 21.6. The minimum absolute atomic E-state index is 0.262. The van der Waals surface area contributed by atoms with Crippen LogP contribution in [0.25, 0.3) is 0 Å². The number of nitrogens with zero attached hydrogens (tertiary/aromatic N) is 2. The van der Waals surface area contributed by atoms with E-state index in [0.29, 0.717) is 29.1 Å². The lowest BCUT2D eigenvalue weighted by molar-refractivity contribution is -0.117. The third kappa shape index (κ3) is 3.38. The number of ether oxygens (including phenoxy) is 1. The lowest BCUT2D eigenvalue weighted by Crippen LogP contribution is -2.50. The minimum atomic E-state index is 0.262. The fourth-order valence-electron chi connectivity index (χ4n) is 9.37. The first-order valence-electron chi connectivity index (χ1n) is 13.9. The monoisotopic (exact) mass is 462 g/mol. The van der Waals surface area contributed by atoms with Crippen molar-refractivity contribution in [3.8, 4) is 0 Å². The molecule has 34 heavy (non-hydrogen) atoms. The molecule has 1 aromatic rings. The van der Waals surface area contributed by atoms with Crippen LogP contribution < -0.4 is 0 Å². The Labute approximate surface area is 205 Å². The summed E-state index contributed by atoms with van der Waals surface area (Å²) < 4.78 is 8.96. The SMILES string of the molecule is CC1=C(CCC(C)Cn2ccnc2)O[C@H]2C[C@H]3[C@@H]4CCC5=CC(=O)CC[C@]5(C)[C@H]4CC[C@]3(C)[C@@H]12. The van der Waals surface area contributed by atoms with Crippen LogP contribution in [0.1, 0.15) is 85.5 Å². The van der Waals surface area contributed by atoms with Crippen LogP contribution in [0.15, 0.2) is 41.7 Å². The van der Waals surface area contributed by atoms with Gasteiger partial charge in [0, 0.05) is 37.7 Å². The van der Waals surface area contributed by atoms with Gasteiger partial charge in [-0.2, -0.15) is 0 Å². The fourth-order valence-corrected chi connectivity index (χ4v) is 9.37. The second kappa shape index (κ2) is 8.10. The number of carbonyl (C=O) groups is 1. The molecule has 3 fully saturated rings. The zero-order valence-electron chi connectivity index (χ0n) is 21.6. The maximum absolute atomic E-state index is 12.1. The number of aromatic nitrogens is 2. The first-order chi connectivity index (χ1) is 16.3. The quantitative estimate of drug-likeness (QED) is 0.487. The smallest absolute Gasteiger partial charge is 0.155 e. The van der Waals surface area contributed by atoms with Gasteiger partial charge in [0.05, 0.1) is 12.1 Å². The van der Waals surface area contributed by atoms with Crippen molar-refractivity contribution in [1.29, 1.82) is 0 Å². The van der Waals surface area contributed by atoms with E-state index in [0.717, 1.165) is 50.0 Å². The third-order valence-corrected chi connectivity index (χ3v) is 11.1. The number of fused-ring (bicyclic) bond motifs is 7. The number of allylic oxidation sites excluding steroid dienone is 2. The van der Waals surface area contributed by atoms with Crippen molar-refractivity contribution in [2.75, 3.05) is 0 Å². The molecule has 1 unspecified atom stereocenters. The van der Waals surface area contributed by atoms with Crippen LogP contribution in [-0.2, 0) is 16.1 Å². The molecule has 4 aliphatic carbocycles. The molecule has 1 aromatic heterocycles. The molecular weight excluding hydrogens is 420 g/mol. The summed E-state index contributed by atoms with van der Waals surface area (Å²) in [4.78, 5) is 16.3. The van der Waals surface area contributed by atoms with Crippen molar-refractivity contribution in [3.63, 3.8) is 0 Å². The average molecular weight is 463 g/mol. The Bertz CT molecular complexity index is 1020. The Kier molecular flexibility index (Phi) is 5.39. The molecule has 5 aliphatic rings. The Morgan fingerprint density at radius 2 is 2.06 bits per heavy atom. The average Bonchev–Trinajstić information content (AvgIpc) is 3.49. The van der Waals surface area contributed by atoms with Gasteiger partial charge in [0.1, 0.15) is 6.10 Å². The van der Waals surface area contributed by atoms with Crippen molar-refractivity contribution < 1.29 is 9.53 Å². The van der Waals surface area contributed by atoms with Gasteiger partial charge in [-0.25, -0.2) is 4.98 Å². The summed E-state index contributed by atoms with van der Waals surface area (Å²) >= 11 is 0. The van der Waals surface area contributed by atoms with E-state index >= 15 is 0 Å². The molecule has 8 atom stereocenters. The van der Waals surface area contributed by atoms with Crippen LogP contribution in [-0.4, -0.2) is 21.4 Å². The summed E-state index contributed by atoms with van der Waals surface area (Å²) in [6.07, 6.45) is 18.6. The fraction of sp³-hybridized carbons (Fsp3) is 0.733. The van der Waals surface area contributed by atoms with Crippen LogP contribution in [0.4, 0.5) is 0 Å². The molecule has 184 valence electrons. The molecule has 0 radical (unpaired) electrons. The summed E-state index contributed by atoms with van der Waals surface area (Å²) in [5.74, 6) is 5.22. The van der Waals surface area contributed by atoms with Crippen molar-refractivity contribution in [1.82, 2.24) is 9.55 Å². The van der Waals surface area contributed by atoms with Crippen LogP contribution in [0, 0.1) is 40.4 Å². The number of hydrogen-bond donors (Lipinski definition) is 0.